The Morgan fingerprint density at radius 3 is 2.41 bits per heavy atom. The molecule has 0 aliphatic heterocycles. The number of hydrogen-bond acceptors (Lipinski definition) is 4. The van der Waals surface area contributed by atoms with Crippen LogP contribution in [0.5, 0.6) is 0 Å². The molecule has 0 spiro atoms. The van der Waals surface area contributed by atoms with Crippen molar-refractivity contribution in [2.75, 3.05) is 6.54 Å². The number of rotatable bonds is 6. The number of hydrogen-bond donors (Lipinski definition) is 3. The van der Waals surface area contributed by atoms with Crippen LogP contribution in [0, 0.1) is 0 Å². The zero-order valence-corrected chi connectivity index (χ0v) is 15.7. The first-order valence-electron chi connectivity index (χ1n) is 8.04. The van der Waals surface area contributed by atoms with Crippen LogP contribution in [0.25, 0.3) is 11.3 Å². The van der Waals surface area contributed by atoms with Crippen molar-refractivity contribution in [2.45, 2.75) is 11.3 Å². The highest BCUT2D eigenvalue weighted by molar-refractivity contribution is 7.89. The van der Waals surface area contributed by atoms with Crippen molar-refractivity contribution < 1.29 is 13.2 Å². The number of aromatic nitrogens is 2. The Morgan fingerprint density at radius 2 is 1.78 bits per heavy atom. The van der Waals surface area contributed by atoms with Crippen molar-refractivity contribution in [3.05, 3.63) is 70.9 Å². The lowest BCUT2D eigenvalue weighted by atomic mass is 10.1. The molecule has 0 bridgehead atoms. The van der Waals surface area contributed by atoms with Gasteiger partial charge in [0.1, 0.15) is 5.69 Å². The lowest BCUT2D eigenvalue weighted by Crippen LogP contribution is -2.26. The second-order valence-corrected chi connectivity index (χ2v) is 7.87. The SMILES string of the molecule is NS(=O)(=O)c1ccc(CCNC(=O)c2cc(-c3ccc(Cl)cc3)n[nH]2)cc1. The minimum atomic E-state index is -3.70. The van der Waals surface area contributed by atoms with Crippen LogP contribution >= 0.6 is 11.6 Å². The molecule has 0 atom stereocenters. The van der Waals surface area contributed by atoms with Gasteiger partial charge in [0.05, 0.1) is 10.6 Å². The van der Waals surface area contributed by atoms with Gasteiger partial charge in [0.2, 0.25) is 10.0 Å². The summed E-state index contributed by atoms with van der Waals surface area (Å²) in [6.07, 6.45) is 0.550. The average Bonchev–Trinajstić information content (AvgIpc) is 3.12. The first-order valence-corrected chi connectivity index (χ1v) is 9.96. The molecule has 3 aromatic rings. The maximum atomic E-state index is 12.2. The van der Waals surface area contributed by atoms with Gasteiger partial charge in [-0.05, 0) is 42.3 Å². The van der Waals surface area contributed by atoms with Crippen LogP contribution in [0.1, 0.15) is 16.1 Å². The number of halogens is 1. The van der Waals surface area contributed by atoms with E-state index in [9.17, 15) is 13.2 Å². The third-order valence-electron chi connectivity index (χ3n) is 3.91. The number of H-pyrrole nitrogens is 1. The standard InChI is InChI=1S/C18H17ClN4O3S/c19-14-5-3-13(4-6-14)16-11-17(23-22-16)18(24)21-10-9-12-1-7-15(8-2-12)27(20,25)26/h1-8,11H,9-10H2,(H,21,24)(H,22,23)(H2,20,25,26). The van der Waals surface area contributed by atoms with Crippen molar-refractivity contribution >= 4 is 27.5 Å². The van der Waals surface area contributed by atoms with Crippen molar-refractivity contribution in [2.24, 2.45) is 5.14 Å². The van der Waals surface area contributed by atoms with Crippen molar-refractivity contribution in [1.82, 2.24) is 15.5 Å². The van der Waals surface area contributed by atoms with E-state index in [4.69, 9.17) is 16.7 Å². The van der Waals surface area contributed by atoms with Crippen molar-refractivity contribution in [1.29, 1.82) is 0 Å². The van der Waals surface area contributed by atoms with E-state index in [1.54, 1.807) is 30.3 Å². The molecule has 1 heterocycles. The number of aromatic amines is 1. The topological polar surface area (TPSA) is 118 Å². The maximum Gasteiger partial charge on any atom is 0.269 e. The number of carbonyl (C=O) groups excluding carboxylic acids is 1. The molecule has 27 heavy (non-hydrogen) atoms. The van der Waals surface area contributed by atoms with Gasteiger partial charge in [-0.25, -0.2) is 13.6 Å². The van der Waals surface area contributed by atoms with Crippen LogP contribution in [0.3, 0.4) is 0 Å². The van der Waals surface area contributed by atoms with Gasteiger partial charge in [-0.15, -0.1) is 0 Å². The summed E-state index contributed by atoms with van der Waals surface area (Å²) in [5.41, 5.74) is 2.73. The molecule has 4 N–H and O–H groups in total. The summed E-state index contributed by atoms with van der Waals surface area (Å²) in [5, 5.41) is 15.3. The fourth-order valence-electron chi connectivity index (χ4n) is 2.47. The zero-order valence-electron chi connectivity index (χ0n) is 14.1. The highest BCUT2D eigenvalue weighted by atomic mass is 35.5. The molecule has 140 valence electrons. The summed E-state index contributed by atoms with van der Waals surface area (Å²) in [7, 11) is -3.70. The number of nitrogens with one attached hydrogen (secondary N) is 2. The Kier molecular flexibility index (Phi) is 5.59. The van der Waals surface area contributed by atoms with E-state index in [0.717, 1.165) is 11.1 Å². The zero-order chi connectivity index (χ0) is 19.4. The van der Waals surface area contributed by atoms with Gasteiger partial charge in [0, 0.05) is 17.1 Å². The third kappa shape index (κ3) is 4.94. The van der Waals surface area contributed by atoms with Crippen LogP contribution in [0.15, 0.2) is 59.5 Å². The van der Waals surface area contributed by atoms with Crippen LogP contribution in [-0.4, -0.2) is 31.1 Å². The highest BCUT2D eigenvalue weighted by Crippen LogP contribution is 2.20. The molecule has 0 fully saturated rings. The summed E-state index contributed by atoms with van der Waals surface area (Å²) in [6, 6.07) is 15.1. The monoisotopic (exact) mass is 404 g/mol. The van der Waals surface area contributed by atoms with E-state index in [-0.39, 0.29) is 10.8 Å². The Morgan fingerprint density at radius 1 is 1.11 bits per heavy atom. The highest BCUT2D eigenvalue weighted by Gasteiger charge is 2.11. The van der Waals surface area contributed by atoms with Gasteiger partial charge in [-0.3, -0.25) is 9.89 Å². The van der Waals surface area contributed by atoms with Crippen molar-refractivity contribution in [3.63, 3.8) is 0 Å². The largest absolute Gasteiger partial charge is 0.350 e. The first-order chi connectivity index (χ1) is 12.8. The minimum Gasteiger partial charge on any atom is -0.350 e. The van der Waals surface area contributed by atoms with Gasteiger partial charge < -0.3 is 5.32 Å². The second kappa shape index (κ2) is 7.91. The van der Waals surface area contributed by atoms with Gasteiger partial charge in [-0.2, -0.15) is 5.10 Å². The number of benzene rings is 2. The summed E-state index contributed by atoms with van der Waals surface area (Å²) in [5.74, 6) is -0.274. The first kappa shape index (κ1) is 19.1. The molecule has 2 aromatic carbocycles. The molecule has 1 aromatic heterocycles. The van der Waals surface area contributed by atoms with E-state index >= 15 is 0 Å². The number of primary sulfonamides is 1. The third-order valence-corrected chi connectivity index (χ3v) is 5.09. The van der Waals surface area contributed by atoms with Gasteiger partial charge in [0.25, 0.3) is 5.91 Å². The second-order valence-electron chi connectivity index (χ2n) is 5.87. The molecule has 1 amide bonds. The summed E-state index contributed by atoms with van der Waals surface area (Å²) in [4.78, 5) is 12.3. The number of amides is 1. The molecule has 9 heteroatoms. The van der Waals surface area contributed by atoms with Crippen molar-refractivity contribution in [3.8, 4) is 11.3 Å². The smallest absolute Gasteiger partial charge is 0.269 e. The minimum absolute atomic E-state index is 0.0578. The normalized spacial score (nSPS) is 11.3. The van der Waals surface area contributed by atoms with Crippen LogP contribution < -0.4 is 10.5 Å². The van der Waals surface area contributed by atoms with Crippen LogP contribution in [-0.2, 0) is 16.4 Å². The molecule has 0 aliphatic carbocycles. The maximum absolute atomic E-state index is 12.2. The molecule has 0 saturated carbocycles. The van der Waals surface area contributed by atoms with E-state index < -0.39 is 10.0 Å². The fraction of sp³-hybridized carbons (Fsp3) is 0.111. The lowest BCUT2D eigenvalue weighted by molar-refractivity contribution is 0.0949. The Labute approximate surface area is 161 Å². The number of nitrogens with zero attached hydrogens (tertiary/aromatic N) is 1. The number of nitrogens with two attached hydrogens (primary N) is 1. The molecule has 0 unspecified atom stereocenters. The summed E-state index contributed by atoms with van der Waals surface area (Å²) in [6.45, 7) is 0.392. The Balaban J connectivity index is 1.56. The van der Waals surface area contributed by atoms with E-state index in [0.29, 0.717) is 29.4 Å². The van der Waals surface area contributed by atoms with E-state index in [1.165, 1.54) is 12.1 Å². The van der Waals surface area contributed by atoms with Gasteiger partial charge in [0.15, 0.2) is 0 Å². The molecule has 3 rings (SSSR count). The Bertz CT molecular complexity index is 1040. The van der Waals surface area contributed by atoms with Crippen LogP contribution in [0.2, 0.25) is 5.02 Å². The van der Waals surface area contributed by atoms with E-state index in [2.05, 4.69) is 15.5 Å². The van der Waals surface area contributed by atoms with Gasteiger partial charge in [-0.1, -0.05) is 35.9 Å². The quantitative estimate of drug-likeness (QED) is 0.584. The molecule has 0 radical (unpaired) electrons. The lowest BCUT2D eigenvalue weighted by Gasteiger charge is -2.05. The van der Waals surface area contributed by atoms with Crippen LogP contribution in [0.4, 0.5) is 0 Å². The Hall–Kier alpha value is -2.68. The molecule has 0 saturated heterocycles. The molecular formula is C18H17ClN4O3S. The number of sulfonamides is 1. The van der Waals surface area contributed by atoms with E-state index in [1.807, 2.05) is 12.1 Å². The average molecular weight is 405 g/mol. The van der Waals surface area contributed by atoms with Gasteiger partial charge >= 0.3 is 0 Å². The fourth-order valence-corrected chi connectivity index (χ4v) is 3.11. The molecule has 7 nitrogen and oxygen atoms in total. The molecule has 0 aliphatic rings. The molecular weight excluding hydrogens is 388 g/mol. The predicted molar refractivity (Wildman–Crippen MR) is 103 cm³/mol. The number of carbonyl (C=O) groups is 1. The predicted octanol–water partition coefficient (Wildman–Crippen LogP) is 2.35. The summed E-state index contributed by atoms with van der Waals surface area (Å²) < 4.78 is 22.5. The summed E-state index contributed by atoms with van der Waals surface area (Å²) >= 11 is 5.87.